The third kappa shape index (κ3) is 5.06. The molecule has 0 aliphatic heterocycles. The Hall–Kier alpha value is -0.690. The zero-order chi connectivity index (χ0) is 14.6. The Balaban J connectivity index is 2.81. The molecule has 0 bridgehead atoms. The molecule has 0 radical (unpaired) electrons. The van der Waals surface area contributed by atoms with E-state index in [1.807, 2.05) is 41.6 Å². The van der Waals surface area contributed by atoms with Crippen molar-refractivity contribution in [2.75, 3.05) is 20.6 Å². The van der Waals surface area contributed by atoms with Crippen LogP contribution in [0.4, 0.5) is 4.39 Å². The lowest BCUT2D eigenvalue weighted by Gasteiger charge is -2.25. The highest BCUT2D eigenvalue weighted by molar-refractivity contribution is 14.1. The van der Waals surface area contributed by atoms with Crippen molar-refractivity contribution < 1.29 is 9.18 Å². The Bertz CT molecular complexity index is 449. The second kappa shape index (κ2) is 7.19. The highest BCUT2D eigenvalue weighted by Gasteiger charge is 2.19. The SMILES string of the molecule is CC(C)C(CN(C)C)NC(=O)c1ccc(F)cc1I. The van der Waals surface area contributed by atoms with Gasteiger partial charge in [-0.15, -0.1) is 0 Å². The van der Waals surface area contributed by atoms with Gasteiger partial charge in [0.25, 0.3) is 5.91 Å². The molecule has 1 aromatic carbocycles. The second-order valence-corrected chi connectivity index (χ2v) is 6.37. The van der Waals surface area contributed by atoms with Gasteiger partial charge >= 0.3 is 0 Å². The smallest absolute Gasteiger partial charge is 0.252 e. The van der Waals surface area contributed by atoms with Crippen LogP contribution in [0.5, 0.6) is 0 Å². The number of nitrogens with zero attached hydrogens (tertiary/aromatic N) is 1. The van der Waals surface area contributed by atoms with Gasteiger partial charge in [-0.25, -0.2) is 4.39 Å². The first-order chi connectivity index (χ1) is 8.81. The topological polar surface area (TPSA) is 32.3 Å². The van der Waals surface area contributed by atoms with Crippen LogP contribution in [0.1, 0.15) is 24.2 Å². The van der Waals surface area contributed by atoms with Crippen molar-refractivity contribution in [3.63, 3.8) is 0 Å². The summed E-state index contributed by atoms with van der Waals surface area (Å²) >= 11 is 1.98. The number of hydrogen-bond acceptors (Lipinski definition) is 2. The quantitative estimate of drug-likeness (QED) is 0.800. The number of halogens is 2. The molecule has 0 saturated heterocycles. The van der Waals surface area contributed by atoms with Crippen molar-refractivity contribution in [3.8, 4) is 0 Å². The number of likely N-dealkylation sites (N-methyl/N-ethyl adjacent to an activating group) is 1. The minimum atomic E-state index is -0.324. The third-order valence-electron chi connectivity index (χ3n) is 2.86. The van der Waals surface area contributed by atoms with Crippen molar-refractivity contribution in [3.05, 3.63) is 33.1 Å². The summed E-state index contributed by atoms with van der Waals surface area (Å²) in [6.45, 7) is 4.93. The first kappa shape index (κ1) is 16.4. The van der Waals surface area contributed by atoms with Gasteiger partial charge in [-0.3, -0.25) is 4.79 Å². The minimum absolute atomic E-state index is 0.0725. The summed E-state index contributed by atoms with van der Waals surface area (Å²) in [6.07, 6.45) is 0. The van der Waals surface area contributed by atoms with Crippen LogP contribution in [-0.4, -0.2) is 37.5 Å². The van der Waals surface area contributed by atoms with E-state index in [4.69, 9.17) is 0 Å². The molecule has 0 heterocycles. The van der Waals surface area contributed by atoms with E-state index in [-0.39, 0.29) is 17.8 Å². The van der Waals surface area contributed by atoms with Crippen LogP contribution >= 0.6 is 22.6 Å². The average molecular weight is 378 g/mol. The van der Waals surface area contributed by atoms with Gasteiger partial charge in [0, 0.05) is 16.2 Å². The number of benzene rings is 1. The molecule has 0 saturated carbocycles. The molecular formula is C14H20FIN2O. The molecule has 1 aromatic rings. The van der Waals surface area contributed by atoms with E-state index >= 15 is 0 Å². The van der Waals surface area contributed by atoms with Crippen molar-refractivity contribution >= 4 is 28.5 Å². The van der Waals surface area contributed by atoms with Gasteiger partial charge in [-0.05, 0) is 60.8 Å². The second-order valence-electron chi connectivity index (χ2n) is 5.21. The molecule has 1 rings (SSSR count). The monoisotopic (exact) mass is 378 g/mol. The summed E-state index contributed by atoms with van der Waals surface area (Å²) in [5, 5.41) is 3.02. The lowest BCUT2D eigenvalue weighted by atomic mass is 10.0. The average Bonchev–Trinajstić information content (AvgIpc) is 2.26. The van der Waals surface area contributed by atoms with E-state index in [1.54, 1.807) is 0 Å². The summed E-state index contributed by atoms with van der Waals surface area (Å²) < 4.78 is 13.7. The molecule has 0 aliphatic rings. The number of carbonyl (C=O) groups is 1. The summed E-state index contributed by atoms with van der Waals surface area (Å²) in [5.74, 6) is -0.135. The zero-order valence-corrected chi connectivity index (χ0v) is 13.9. The molecule has 3 nitrogen and oxygen atoms in total. The Morgan fingerprint density at radius 1 is 1.42 bits per heavy atom. The lowest BCUT2D eigenvalue weighted by Crippen LogP contribution is -2.45. The Morgan fingerprint density at radius 3 is 2.53 bits per heavy atom. The van der Waals surface area contributed by atoms with Gasteiger partial charge in [0.2, 0.25) is 0 Å². The van der Waals surface area contributed by atoms with Crippen LogP contribution in [0.3, 0.4) is 0 Å². The molecule has 106 valence electrons. The molecule has 1 N–H and O–H groups in total. The molecule has 0 aromatic heterocycles. The molecule has 0 fully saturated rings. The maximum absolute atomic E-state index is 13.0. The van der Waals surface area contributed by atoms with Crippen LogP contribution in [0.2, 0.25) is 0 Å². The van der Waals surface area contributed by atoms with Gasteiger partial charge in [0.05, 0.1) is 5.56 Å². The normalized spacial score (nSPS) is 12.8. The number of rotatable bonds is 5. The molecule has 1 amide bonds. The van der Waals surface area contributed by atoms with Gasteiger partial charge in [0.1, 0.15) is 5.82 Å². The summed E-state index contributed by atoms with van der Waals surface area (Å²) in [7, 11) is 3.95. The molecule has 0 aliphatic carbocycles. The van der Waals surface area contributed by atoms with Crippen LogP contribution in [0.15, 0.2) is 18.2 Å². The number of nitrogens with one attached hydrogen (secondary N) is 1. The van der Waals surface area contributed by atoms with Crippen molar-refractivity contribution in [1.29, 1.82) is 0 Å². The maximum atomic E-state index is 13.0. The molecule has 1 unspecified atom stereocenters. The van der Waals surface area contributed by atoms with Crippen LogP contribution in [0, 0.1) is 15.3 Å². The highest BCUT2D eigenvalue weighted by Crippen LogP contribution is 2.14. The lowest BCUT2D eigenvalue weighted by molar-refractivity contribution is 0.0915. The molecule has 0 spiro atoms. The van der Waals surface area contributed by atoms with Crippen LogP contribution < -0.4 is 5.32 Å². The largest absolute Gasteiger partial charge is 0.348 e. The fraction of sp³-hybridized carbons (Fsp3) is 0.500. The Kier molecular flexibility index (Phi) is 6.19. The predicted octanol–water partition coefficient (Wildman–Crippen LogP) is 2.75. The van der Waals surface area contributed by atoms with E-state index < -0.39 is 0 Å². The van der Waals surface area contributed by atoms with Crippen molar-refractivity contribution in [2.24, 2.45) is 5.92 Å². The zero-order valence-electron chi connectivity index (χ0n) is 11.7. The van der Waals surface area contributed by atoms with Gasteiger partial charge in [-0.1, -0.05) is 13.8 Å². The summed E-state index contributed by atoms with van der Waals surface area (Å²) in [5.41, 5.74) is 0.520. The van der Waals surface area contributed by atoms with Crippen LogP contribution in [0.25, 0.3) is 0 Å². The van der Waals surface area contributed by atoms with E-state index in [9.17, 15) is 9.18 Å². The van der Waals surface area contributed by atoms with Crippen LogP contribution in [-0.2, 0) is 0 Å². The summed E-state index contributed by atoms with van der Waals surface area (Å²) in [6, 6.07) is 4.28. The maximum Gasteiger partial charge on any atom is 0.252 e. The minimum Gasteiger partial charge on any atom is -0.348 e. The standard InChI is InChI=1S/C14H20FIN2O/c1-9(2)13(8-18(3)4)17-14(19)11-6-5-10(15)7-12(11)16/h5-7,9,13H,8H2,1-4H3,(H,17,19). The molecule has 19 heavy (non-hydrogen) atoms. The summed E-state index contributed by atoms with van der Waals surface area (Å²) in [4.78, 5) is 14.3. The van der Waals surface area contributed by atoms with Gasteiger partial charge in [0.15, 0.2) is 0 Å². The number of carbonyl (C=O) groups excluding carboxylic acids is 1. The van der Waals surface area contributed by atoms with Gasteiger partial charge in [-0.2, -0.15) is 0 Å². The highest BCUT2D eigenvalue weighted by atomic mass is 127. The van der Waals surface area contributed by atoms with Crippen molar-refractivity contribution in [2.45, 2.75) is 19.9 Å². The first-order valence-electron chi connectivity index (χ1n) is 6.22. The van der Waals surface area contributed by atoms with E-state index in [0.29, 0.717) is 15.1 Å². The first-order valence-corrected chi connectivity index (χ1v) is 7.29. The van der Waals surface area contributed by atoms with Crippen molar-refractivity contribution in [1.82, 2.24) is 10.2 Å². The van der Waals surface area contributed by atoms with E-state index in [1.165, 1.54) is 18.2 Å². The molecular weight excluding hydrogens is 358 g/mol. The number of hydrogen-bond donors (Lipinski definition) is 1. The predicted molar refractivity (Wildman–Crippen MR) is 83.8 cm³/mol. The Labute approximate surface area is 127 Å². The van der Waals surface area contributed by atoms with Gasteiger partial charge < -0.3 is 10.2 Å². The fourth-order valence-electron chi connectivity index (χ4n) is 1.74. The molecule has 1 atom stereocenters. The fourth-order valence-corrected chi connectivity index (χ4v) is 2.46. The third-order valence-corrected chi connectivity index (χ3v) is 3.75. The van der Waals surface area contributed by atoms with E-state index in [0.717, 1.165) is 6.54 Å². The van der Waals surface area contributed by atoms with E-state index in [2.05, 4.69) is 19.2 Å². The number of amides is 1. The Morgan fingerprint density at radius 2 is 2.05 bits per heavy atom. The molecule has 5 heteroatoms.